The Balaban J connectivity index is 1.51. The fourth-order valence-corrected chi connectivity index (χ4v) is 3.24. The van der Waals surface area contributed by atoms with E-state index in [0.717, 1.165) is 13.1 Å². The van der Waals surface area contributed by atoms with Crippen molar-refractivity contribution in [3.63, 3.8) is 0 Å². The predicted octanol–water partition coefficient (Wildman–Crippen LogP) is 0.586. The van der Waals surface area contributed by atoms with Gasteiger partial charge in [0.1, 0.15) is 24.1 Å². The topological polar surface area (TPSA) is 161 Å². The fourth-order valence-electron chi connectivity index (χ4n) is 3.02. The maximum atomic E-state index is 12.5. The van der Waals surface area contributed by atoms with E-state index >= 15 is 0 Å². The van der Waals surface area contributed by atoms with E-state index in [9.17, 15) is 24.6 Å². The molecule has 3 rings (SSSR count). The quantitative estimate of drug-likeness (QED) is 0.264. The van der Waals surface area contributed by atoms with Gasteiger partial charge in [0.2, 0.25) is 0 Å². The highest BCUT2D eigenvalue weighted by atomic mass is 35.5. The Morgan fingerprint density at radius 1 is 1.15 bits per heavy atom. The Kier molecular flexibility index (Phi) is 8.52. The highest BCUT2D eigenvalue weighted by Crippen LogP contribution is 2.23. The second-order valence-electron chi connectivity index (χ2n) is 7.17. The molecular weight excluding hydrogens is 466 g/mol. The number of aliphatic imine (C=N–C) groups is 1. The number of phenols is 1. The van der Waals surface area contributed by atoms with Gasteiger partial charge in [-0.1, -0.05) is 23.7 Å². The van der Waals surface area contributed by atoms with Crippen LogP contribution in [0, 0.1) is 0 Å². The zero-order chi connectivity index (χ0) is 24.5. The largest absolute Gasteiger partial charge is 0.507 e. The molecule has 2 aromatic rings. The number of hydrogen-bond donors (Lipinski definition) is 6. The van der Waals surface area contributed by atoms with Gasteiger partial charge in [-0.2, -0.15) is 0 Å². The molecule has 1 heterocycles. The summed E-state index contributed by atoms with van der Waals surface area (Å²) in [6, 6.07) is 8.91. The summed E-state index contributed by atoms with van der Waals surface area (Å²) in [5.74, 6) is -2.03. The van der Waals surface area contributed by atoms with Crippen LogP contribution in [0.2, 0.25) is 5.02 Å². The van der Waals surface area contributed by atoms with Crippen LogP contribution in [0.1, 0.15) is 20.7 Å². The number of carboxylic acid groups (broad SMARTS) is 1. The first kappa shape index (κ1) is 24.6. The molecule has 0 fully saturated rings. The van der Waals surface area contributed by atoms with Crippen molar-refractivity contribution in [3.8, 4) is 11.5 Å². The Morgan fingerprint density at radius 2 is 1.94 bits per heavy atom. The van der Waals surface area contributed by atoms with Gasteiger partial charge in [-0.05, 0) is 24.3 Å². The highest BCUT2D eigenvalue weighted by Gasteiger charge is 2.23. The van der Waals surface area contributed by atoms with E-state index in [2.05, 4.69) is 26.3 Å². The Labute approximate surface area is 200 Å². The first-order valence-electron chi connectivity index (χ1n) is 10.4. The van der Waals surface area contributed by atoms with E-state index in [1.54, 1.807) is 12.1 Å². The van der Waals surface area contributed by atoms with Crippen molar-refractivity contribution in [1.82, 2.24) is 21.3 Å². The molecule has 34 heavy (non-hydrogen) atoms. The number of carbonyl (C=O) groups is 3. The van der Waals surface area contributed by atoms with E-state index in [1.807, 2.05) is 0 Å². The van der Waals surface area contributed by atoms with E-state index in [0.29, 0.717) is 24.9 Å². The summed E-state index contributed by atoms with van der Waals surface area (Å²) in [4.78, 5) is 40.5. The SMILES string of the molecule is O=C(NC[C@H](NC(=O)c1ccccc1Cl)C(=O)O)c1ccc(OCCNC2=NCCN2)cc1O. The third-order valence-corrected chi connectivity index (χ3v) is 5.07. The average Bonchev–Trinajstić information content (AvgIpc) is 3.33. The van der Waals surface area contributed by atoms with Crippen molar-refractivity contribution in [2.45, 2.75) is 6.04 Å². The molecule has 0 spiro atoms. The number of halogens is 1. The van der Waals surface area contributed by atoms with Crippen LogP contribution in [0.3, 0.4) is 0 Å². The van der Waals surface area contributed by atoms with Crippen molar-refractivity contribution in [2.24, 2.45) is 4.99 Å². The molecule has 0 saturated carbocycles. The van der Waals surface area contributed by atoms with Crippen LogP contribution in [0.4, 0.5) is 0 Å². The summed E-state index contributed by atoms with van der Waals surface area (Å²) in [6.07, 6.45) is 0. The molecule has 2 amide bonds. The normalized spacial score (nSPS) is 13.3. The number of carbonyl (C=O) groups excluding carboxylic acids is 2. The van der Waals surface area contributed by atoms with Gasteiger partial charge in [-0.15, -0.1) is 0 Å². The monoisotopic (exact) mass is 489 g/mol. The third-order valence-electron chi connectivity index (χ3n) is 4.74. The molecule has 6 N–H and O–H groups in total. The smallest absolute Gasteiger partial charge is 0.328 e. The highest BCUT2D eigenvalue weighted by molar-refractivity contribution is 6.33. The van der Waals surface area contributed by atoms with Crippen molar-refractivity contribution < 1.29 is 29.3 Å². The number of phenolic OH excluding ortho intramolecular Hbond substituents is 1. The number of carboxylic acids is 1. The van der Waals surface area contributed by atoms with Crippen molar-refractivity contribution in [3.05, 3.63) is 58.6 Å². The minimum atomic E-state index is -1.41. The third kappa shape index (κ3) is 6.75. The number of guanidine groups is 1. The molecule has 0 radical (unpaired) electrons. The van der Waals surface area contributed by atoms with Gasteiger partial charge in [0.05, 0.1) is 29.2 Å². The van der Waals surface area contributed by atoms with E-state index in [1.165, 1.54) is 30.3 Å². The second-order valence-corrected chi connectivity index (χ2v) is 7.57. The van der Waals surface area contributed by atoms with Crippen molar-refractivity contribution in [1.29, 1.82) is 0 Å². The summed E-state index contributed by atoms with van der Waals surface area (Å²) < 4.78 is 5.53. The van der Waals surface area contributed by atoms with E-state index in [-0.39, 0.29) is 21.9 Å². The lowest BCUT2D eigenvalue weighted by atomic mass is 10.1. The van der Waals surface area contributed by atoms with Gasteiger partial charge in [-0.3, -0.25) is 14.6 Å². The van der Waals surface area contributed by atoms with Crippen LogP contribution in [0.25, 0.3) is 0 Å². The van der Waals surface area contributed by atoms with Gasteiger partial charge < -0.3 is 36.2 Å². The number of aliphatic carboxylic acids is 1. The molecule has 2 aromatic carbocycles. The van der Waals surface area contributed by atoms with Gasteiger partial charge in [0.25, 0.3) is 11.8 Å². The van der Waals surface area contributed by atoms with Crippen LogP contribution in [-0.2, 0) is 4.79 Å². The number of amides is 2. The molecule has 11 nitrogen and oxygen atoms in total. The number of nitrogens with zero attached hydrogens (tertiary/aromatic N) is 1. The van der Waals surface area contributed by atoms with Crippen molar-refractivity contribution >= 4 is 35.3 Å². The molecular formula is C22H24ClN5O6. The maximum absolute atomic E-state index is 12.5. The molecule has 12 heteroatoms. The summed E-state index contributed by atoms with van der Waals surface area (Å²) in [5, 5.41) is 30.6. The standard InChI is InChI=1S/C22H24ClN5O6/c23-16-4-2-1-3-14(16)20(31)28-17(21(32)33)12-27-19(30)15-6-5-13(11-18(15)29)34-10-9-26-22-24-7-8-25-22/h1-6,11,17,29H,7-10,12H2,(H,27,30)(H,28,31)(H,32,33)(H2,24,25,26)/t17-/m0/s1. The number of hydrogen-bond acceptors (Lipinski definition) is 8. The molecule has 1 aliphatic rings. The minimum Gasteiger partial charge on any atom is -0.507 e. The fraction of sp³-hybridized carbons (Fsp3) is 0.273. The van der Waals surface area contributed by atoms with Gasteiger partial charge in [0, 0.05) is 19.2 Å². The number of aromatic hydroxyl groups is 1. The lowest BCUT2D eigenvalue weighted by molar-refractivity contribution is -0.139. The second kappa shape index (κ2) is 11.8. The van der Waals surface area contributed by atoms with Crippen molar-refractivity contribution in [2.75, 3.05) is 32.8 Å². The minimum absolute atomic E-state index is 0.0726. The van der Waals surface area contributed by atoms with Crippen LogP contribution in [-0.4, -0.2) is 72.8 Å². The number of benzene rings is 2. The predicted molar refractivity (Wildman–Crippen MR) is 125 cm³/mol. The zero-order valence-corrected chi connectivity index (χ0v) is 18.8. The summed E-state index contributed by atoms with van der Waals surface area (Å²) in [6.45, 7) is 1.90. The Hall–Kier alpha value is -3.99. The summed E-state index contributed by atoms with van der Waals surface area (Å²) >= 11 is 5.96. The summed E-state index contributed by atoms with van der Waals surface area (Å²) in [5.41, 5.74) is 0.0363. The van der Waals surface area contributed by atoms with Gasteiger partial charge >= 0.3 is 5.97 Å². The first-order chi connectivity index (χ1) is 16.3. The van der Waals surface area contributed by atoms with E-state index in [4.69, 9.17) is 16.3 Å². The molecule has 0 unspecified atom stereocenters. The molecule has 0 aliphatic carbocycles. The van der Waals surface area contributed by atoms with Crippen LogP contribution in [0.15, 0.2) is 47.5 Å². The van der Waals surface area contributed by atoms with Crippen LogP contribution < -0.4 is 26.0 Å². The number of ether oxygens (including phenoxy) is 1. The van der Waals surface area contributed by atoms with Crippen LogP contribution in [0.5, 0.6) is 11.5 Å². The molecule has 1 aliphatic heterocycles. The number of nitrogens with one attached hydrogen (secondary N) is 4. The molecule has 0 saturated heterocycles. The molecule has 180 valence electrons. The Bertz CT molecular complexity index is 1090. The maximum Gasteiger partial charge on any atom is 0.328 e. The van der Waals surface area contributed by atoms with Crippen LogP contribution >= 0.6 is 11.6 Å². The van der Waals surface area contributed by atoms with Gasteiger partial charge in [0.15, 0.2) is 5.96 Å². The molecule has 0 aromatic heterocycles. The zero-order valence-electron chi connectivity index (χ0n) is 18.0. The van der Waals surface area contributed by atoms with E-state index < -0.39 is 30.4 Å². The van der Waals surface area contributed by atoms with Gasteiger partial charge in [-0.25, -0.2) is 4.79 Å². The average molecular weight is 490 g/mol. The Morgan fingerprint density at radius 3 is 2.62 bits per heavy atom. The number of rotatable bonds is 10. The molecule has 0 bridgehead atoms. The first-order valence-corrected chi connectivity index (χ1v) is 10.8. The molecule has 1 atom stereocenters. The lowest BCUT2D eigenvalue weighted by Gasteiger charge is -2.16. The summed E-state index contributed by atoms with van der Waals surface area (Å²) in [7, 11) is 0. The lowest BCUT2D eigenvalue weighted by Crippen LogP contribution is -2.48.